The van der Waals surface area contributed by atoms with Crippen LogP contribution in [0.1, 0.15) is 58.1 Å². The van der Waals surface area contributed by atoms with Crippen LogP contribution in [0.2, 0.25) is 0 Å². The smallest absolute Gasteiger partial charge is 0.350 e. The molecule has 9 heteroatoms. The first-order chi connectivity index (χ1) is 15.8. The Balaban J connectivity index is 1.78. The quantitative estimate of drug-likeness (QED) is 0.396. The molecule has 0 fully saturated rings. The van der Waals surface area contributed by atoms with Crippen LogP contribution in [0.3, 0.4) is 0 Å². The van der Waals surface area contributed by atoms with Gasteiger partial charge in [0.2, 0.25) is 0 Å². The van der Waals surface area contributed by atoms with Crippen molar-refractivity contribution in [2.75, 3.05) is 11.9 Å². The van der Waals surface area contributed by atoms with E-state index in [1.54, 1.807) is 30.8 Å². The Morgan fingerprint density at radius 1 is 1.18 bits per heavy atom. The van der Waals surface area contributed by atoms with Crippen LogP contribution in [0.15, 0.2) is 36.5 Å². The van der Waals surface area contributed by atoms with Crippen LogP contribution in [0.5, 0.6) is 0 Å². The second-order valence-electron chi connectivity index (χ2n) is 7.90. The zero-order valence-corrected chi connectivity index (χ0v) is 20.0. The molecule has 0 spiro atoms. The molecule has 1 N–H and O–H groups in total. The minimum absolute atomic E-state index is 0.0757. The Labute approximate surface area is 195 Å². The maximum atomic E-state index is 13.4. The van der Waals surface area contributed by atoms with Gasteiger partial charge in [-0.05, 0) is 46.2 Å². The van der Waals surface area contributed by atoms with E-state index in [0.717, 1.165) is 22.5 Å². The van der Waals surface area contributed by atoms with Crippen molar-refractivity contribution >= 4 is 39.4 Å². The first-order valence-electron chi connectivity index (χ1n) is 10.7. The average molecular weight is 464 g/mol. The molecule has 0 unspecified atom stereocenters. The van der Waals surface area contributed by atoms with Crippen LogP contribution in [0.25, 0.3) is 22.3 Å². The van der Waals surface area contributed by atoms with Crippen LogP contribution >= 0.6 is 11.3 Å². The number of hydrogen-bond donors (Lipinski definition) is 1. The molecule has 1 aromatic carbocycles. The fourth-order valence-electron chi connectivity index (χ4n) is 3.58. The van der Waals surface area contributed by atoms with E-state index in [2.05, 4.69) is 15.4 Å². The maximum absolute atomic E-state index is 13.4. The van der Waals surface area contributed by atoms with Gasteiger partial charge in [0, 0.05) is 11.6 Å². The number of anilines is 1. The molecule has 0 aliphatic heterocycles. The highest BCUT2D eigenvalue weighted by molar-refractivity contribution is 7.17. The molecule has 0 bridgehead atoms. The molecule has 170 valence electrons. The SMILES string of the molecule is CCOC(=O)c1sc(NC(=O)c2cc(-c3ccccc3C)nc3c2cnn3C(C)C)nc1C. The molecule has 3 heterocycles. The van der Waals surface area contributed by atoms with Gasteiger partial charge in [0.15, 0.2) is 10.8 Å². The van der Waals surface area contributed by atoms with Crippen LogP contribution in [-0.2, 0) is 4.74 Å². The average Bonchev–Trinajstić information content (AvgIpc) is 3.36. The predicted octanol–water partition coefficient (Wildman–Crippen LogP) is 5.18. The van der Waals surface area contributed by atoms with Crippen molar-refractivity contribution in [3.05, 3.63) is 58.2 Å². The summed E-state index contributed by atoms with van der Waals surface area (Å²) in [4.78, 5) is 35.0. The van der Waals surface area contributed by atoms with E-state index in [0.29, 0.717) is 38.0 Å². The zero-order valence-electron chi connectivity index (χ0n) is 19.2. The van der Waals surface area contributed by atoms with Crippen molar-refractivity contribution in [3.63, 3.8) is 0 Å². The van der Waals surface area contributed by atoms with Gasteiger partial charge in [-0.15, -0.1) is 0 Å². The predicted molar refractivity (Wildman–Crippen MR) is 129 cm³/mol. The van der Waals surface area contributed by atoms with E-state index < -0.39 is 5.97 Å². The third-order valence-electron chi connectivity index (χ3n) is 5.20. The Kier molecular flexibility index (Phi) is 6.24. The molecule has 0 atom stereocenters. The van der Waals surface area contributed by atoms with E-state index in [9.17, 15) is 9.59 Å². The normalized spacial score (nSPS) is 11.2. The fourth-order valence-corrected chi connectivity index (χ4v) is 4.44. The van der Waals surface area contributed by atoms with E-state index in [1.165, 1.54) is 0 Å². The summed E-state index contributed by atoms with van der Waals surface area (Å²) in [6.07, 6.45) is 1.66. The van der Waals surface area contributed by atoms with Crippen molar-refractivity contribution in [1.82, 2.24) is 19.7 Å². The summed E-state index contributed by atoms with van der Waals surface area (Å²) in [5.41, 5.74) is 4.28. The summed E-state index contributed by atoms with van der Waals surface area (Å²) < 4.78 is 6.88. The summed E-state index contributed by atoms with van der Waals surface area (Å²) in [6, 6.07) is 9.76. The number of carbonyl (C=O) groups is 2. The molecular formula is C24H25N5O3S. The van der Waals surface area contributed by atoms with Crippen molar-refractivity contribution in [1.29, 1.82) is 0 Å². The summed E-state index contributed by atoms with van der Waals surface area (Å²) in [5, 5.41) is 8.28. The molecule has 0 saturated carbocycles. The largest absolute Gasteiger partial charge is 0.462 e. The molecule has 3 aromatic heterocycles. The number of carbonyl (C=O) groups excluding carboxylic acids is 2. The Bertz CT molecular complexity index is 1360. The van der Waals surface area contributed by atoms with Crippen molar-refractivity contribution < 1.29 is 14.3 Å². The lowest BCUT2D eigenvalue weighted by Crippen LogP contribution is -2.13. The van der Waals surface area contributed by atoms with Gasteiger partial charge < -0.3 is 4.74 Å². The molecule has 4 rings (SSSR count). The van der Waals surface area contributed by atoms with Crippen LogP contribution in [0.4, 0.5) is 5.13 Å². The molecule has 0 aliphatic carbocycles. The third-order valence-corrected chi connectivity index (χ3v) is 6.25. The molecule has 0 radical (unpaired) electrons. The Morgan fingerprint density at radius 3 is 2.64 bits per heavy atom. The number of thiazole rings is 1. The van der Waals surface area contributed by atoms with E-state index >= 15 is 0 Å². The number of benzene rings is 1. The highest BCUT2D eigenvalue weighted by atomic mass is 32.1. The van der Waals surface area contributed by atoms with Crippen LogP contribution in [0, 0.1) is 13.8 Å². The number of hydrogen-bond acceptors (Lipinski definition) is 7. The van der Waals surface area contributed by atoms with Crippen molar-refractivity contribution in [3.8, 4) is 11.3 Å². The molecule has 33 heavy (non-hydrogen) atoms. The number of ether oxygens (including phenoxy) is 1. The number of pyridine rings is 1. The summed E-state index contributed by atoms with van der Waals surface area (Å²) in [6.45, 7) is 9.78. The number of esters is 1. The maximum Gasteiger partial charge on any atom is 0.350 e. The number of aryl methyl sites for hydroxylation is 2. The van der Waals surface area contributed by atoms with Gasteiger partial charge in [-0.2, -0.15) is 5.10 Å². The lowest BCUT2D eigenvalue weighted by molar-refractivity contribution is 0.0531. The number of nitrogens with zero attached hydrogens (tertiary/aromatic N) is 4. The summed E-state index contributed by atoms with van der Waals surface area (Å²) in [5.74, 6) is -0.788. The lowest BCUT2D eigenvalue weighted by Gasteiger charge is -2.11. The molecule has 8 nitrogen and oxygen atoms in total. The van der Waals surface area contributed by atoms with Gasteiger partial charge in [0.05, 0.1) is 35.1 Å². The minimum atomic E-state index is -0.445. The Hall–Kier alpha value is -3.59. The number of aromatic nitrogens is 4. The van der Waals surface area contributed by atoms with Gasteiger partial charge in [-0.1, -0.05) is 35.6 Å². The number of nitrogens with one attached hydrogen (secondary N) is 1. The minimum Gasteiger partial charge on any atom is -0.462 e. The molecule has 0 saturated heterocycles. The van der Waals surface area contributed by atoms with Crippen LogP contribution < -0.4 is 5.32 Å². The van der Waals surface area contributed by atoms with Crippen LogP contribution in [-0.4, -0.2) is 38.2 Å². The molecular weight excluding hydrogens is 438 g/mol. The highest BCUT2D eigenvalue weighted by Crippen LogP contribution is 2.30. The summed E-state index contributed by atoms with van der Waals surface area (Å²) in [7, 11) is 0. The zero-order chi connectivity index (χ0) is 23.7. The van der Waals surface area contributed by atoms with Gasteiger partial charge >= 0.3 is 5.97 Å². The van der Waals surface area contributed by atoms with Crippen molar-refractivity contribution in [2.24, 2.45) is 0 Å². The van der Waals surface area contributed by atoms with Gasteiger partial charge in [0.1, 0.15) is 4.88 Å². The first-order valence-corrected chi connectivity index (χ1v) is 11.5. The van der Waals surface area contributed by atoms with Gasteiger partial charge in [0.25, 0.3) is 5.91 Å². The number of fused-ring (bicyclic) bond motifs is 1. The lowest BCUT2D eigenvalue weighted by atomic mass is 10.0. The topological polar surface area (TPSA) is 99.0 Å². The third kappa shape index (κ3) is 4.36. The molecule has 1 amide bonds. The molecule has 0 aliphatic rings. The second kappa shape index (κ2) is 9.11. The number of rotatable bonds is 6. The Morgan fingerprint density at radius 2 is 1.94 bits per heavy atom. The van der Waals surface area contributed by atoms with E-state index in [-0.39, 0.29) is 18.6 Å². The monoisotopic (exact) mass is 463 g/mol. The van der Waals surface area contributed by atoms with Gasteiger partial charge in [-0.25, -0.2) is 19.4 Å². The fraction of sp³-hybridized carbons (Fsp3) is 0.292. The molecule has 4 aromatic rings. The first kappa shape index (κ1) is 22.6. The highest BCUT2D eigenvalue weighted by Gasteiger charge is 2.22. The van der Waals surface area contributed by atoms with Crippen molar-refractivity contribution in [2.45, 2.75) is 40.7 Å². The van der Waals surface area contributed by atoms with Gasteiger partial charge in [-0.3, -0.25) is 10.1 Å². The second-order valence-corrected chi connectivity index (χ2v) is 8.90. The standard InChI is InChI=1S/C24H25N5O3S/c1-6-32-23(31)20-15(5)26-24(33-20)28-22(30)17-11-19(16-10-8-7-9-14(16)4)27-21-18(17)12-25-29(21)13(2)3/h7-13H,6H2,1-5H3,(H,26,28,30). The summed E-state index contributed by atoms with van der Waals surface area (Å²) >= 11 is 1.10. The number of amides is 1. The van der Waals surface area contributed by atoms with E-state index in [1.807, 2.05) is 45.0 Å². The van der Waals surface area contributed by atoms with E-state index in [4.69, 9.17) is 9.72 Å².